The molecule has 0 spiro atoms. The van der Waals surface area contributed by atoms with E-state index in [0.29, 0.717) is 0 Å². The van der Waals surface area contributed by atoms with Gasteiger partial charge in [0.1, 0.15) is 11.8 Å². The van der Waals surface area contributed by atoms with Gasteiger partial charge in [-0.1, -0.05) is 19.3 Å². The SMILES string of the molecule is COC1(C(NN)c2ccco2)CCCCC1. The minimum absolute atomic E-state index is 0.0622. The van der Waals surface area contributed by atoms with Gasteiger partial charge in [-0.05, 0) is 25.0 Å². The Hall–Kier alpha value is -0.840. The molecule has 0 aromatic carbocycles. The molecule has 90 valence electrons. The predicted molar refractivity (Wildman–Crippen MR) is 61.6 cm³/mol. The molecule has 1 atom stereocenters. The molecule has 1 saturated carbocycles. The van der Waals surface area contributed by atoms with Crippen molar-refractivity contribution >= 4 is 0 Å². The number of furan rings is 1. The zero-order valence-electron chi connectivity index (χ0n) is 9.74. The molecule has 4 heteroatoms. The Bertz CT molecular complexity index is 305. The predicted octanol–water partition coefficient (Wildman–Crippen LogP) is 2.13. The Labute approximate surface area is 96.1 Å². The molecule has 1 aromatic heterocycles. The highest BCUT2D eigenvalue weighted by Crippen LogP contribution is 2.40. The number of nitrogens with one attached hydrogen (secondary N) is 1. The smallest absolute Gasteiger partial charge is 0.124 e. The van der Waals surface area contributed by atoms with Gasteiger partial charge in [-0.25, -0.2) is 5.43 Å². The van der Waals surface area contributed by atoms with Crippen LogP contribution in [0.1, 0.15) is 43.9 Å². The number of nitrogens with two attached hydrogens (primary N) is 1. The van der Waals surface area contributed by atoms with Crippen LogP contribution in [0.2, 0.25) is 0 Å². The van der Waals surface area contributed by atoms with Crippen LogP contribution in [0.4, 0.5) is 0 Å². The van der Waals surface area contributed by atoms with E-state index in [9.17, 15) is 0 Å². The summed E-state index contributed by atoms with van der Waals surface area (Å²) in [6, 6.07) is 3.76. The van der Waals surface area contributed by atoms with Crippen molar-refractivity contribution in [2.75, 3.05) is 7.11 Å². The fraction of sp³-hybridized carbons (Fsp3) is 0.667. The number of hydrogen-bond donors (Lipinski definition) is 2. The van der Waals surface area contributed by atoms with Crippen molar-refractivity contribution < 1.29 is 9.15 Å². The molecule has 4 nitrogen and oxygen atoms in total. The van der Waals surface area contributed by atoms with E-state index in [1.165, 1.54) is 19.3 Å². The van der Waals surface area contributed by atoms with Gasteiger partial charge in [-0.3, -0.25) is 5.84 Å². The maximum atomic E-state index is 5.75. The molecule has 1 aliphatic carbocycles. The van der Waals surface area contributed by atoms with Gasteiger partial charge in [0.25, 0.3) is 0 Å². The Morgan fingerprint density at radius 2 is 2.19 bits per heavy atom. The lowest BCUT2D eigenvalue weighted by Crippen LogP contribution is -2.49. The van der Waals surface area contributed by atoms with Gasteiger partial charge in [0.15, 0.2) is 0 Å². The molecule has 0 aliphatic heterocycles. The van der Waals surface area contributed by atoms with E-state index in [0.717, 1.165) is 18.6 Å². The molecule has 0 radical (unpaired) electrons. The van der Waals surface area contributed by atoms with Crippen LogP contribution in [0.25, 0.3) is 0 Å². The van der Waals surface area contributed by atoms with E-state index in [-0.39, 0.29) is 11.6 Å². The molecule has 0 bridgehead atoms. The first-order valence-corrected chi connectivity index (χ1v) is 5.87. The van der Waals surface area contributed by atoms with Crippen molar-refractivity contribution in [2.45, 2.75) is 43.7 Å². The molecule has 3 N–H and O–H groups in total. The van der Waals surface area contributed by atoms with E-state index in [2.05, 4.69) is 5.43 Å². The van der Waals surface area contributed by atoms with Crippen molar-refractivity contribution in [3.63, 3.8) is 0 Å². The molecule has 0 amide bonds. The Kier molecular flexibility index (Phi) is 3.63. The van der Waals surface area contributed by atoms with Crippen molar-refractivity contribution in [3.8, 4) is 0 Å². The Balaban J connectivity index is 2.23. The second-order valence-corrected chi connectivity index (χ2v) is 4.44. The Morgan fingerprint density at radius 1 is 1.44 bits per heavy atom. The molecule has 2 rings (SSSR count). The third kappa shape index (κ3) is 2.00. The maximum absolute atomic E-state index is 5.75. The molecule has 1 aliphatic rings. The number of ether oxygens (including phenoxy) is 1. The second-order valence-electron chi connectivity index (χ2n) is 4.44. The summed E-state index contributed by atoms with van der Waals surface area (Å²) in [4.78, 5) is 0. The largest absolute Gasteiger partial charge is 0.468 e. The molecule has 1 heterocycles. The average Bonchev–Trinajstić information content (AvgIpc) is 2.85. The highest BCUT2D eigenvalue weighted by atomic mass is 16.5. The zero-order chi connectivity index (χ0) is 11.4. The van der Waals surface area contributed by atoms with Crippen LogP contribution in [-0.4, -0.2) is 12.7 Å². The molecule has 1 aromatic rings. The number of rotatable bonds is 4. The van der Waals surface area contributed by atoms with Crippen LogP contribution in [0.3, 0.4) is 0 Å². The van der Waals surface area contributed by atoms with Crippen molar-refractivity contribution in [2.24, 2.45) is 5.84 Å². The van der Waals surface area contributed by atoms with E-state index in [1.807, 2.05) is 12.1 Å². The third-order valence-electron chi connectivity index (χ3n) is 3.63. The monoisotopic (exact) mass is 224 g/mol. The Morgan fingerprint density at radius 3 is 2.69 bits per heavy atom. The molecule has 0 saturated heterocycles. The van der Waals surface area contributed by atoms with Crippen LogP contribution >= 0.6 is 0 Å². The van der Waals surface area contributed by atoms with Gasteiger partial charge in [0, 0.05) is 7.11 Å². The molecule has 16 heavy (non-hydrogen) atoms. The average molecular weight is 224 g/mol. The summed E-state index contributed by atoms with van der Waals surface area (Å²) in [5.41, 5.74) is 2.63. The maximum Gasteiger partial charge on any atom is 0.124 e. The van der Waals surface area contributed by atoms with E-state index < -0.39 is 0 Å². The van der Waals surface area contributed by atoms with Crippen molar-refractivity contribution in [1.82, 2.24) is 5.43 Å². The van der Waals surface area contributed by atoms with Gasteiger partial charge >= 0.3 is 0 Å². The van der Waals surface area contributed by atoms with Crippen LogP contribution in [0.15, 0.2) is 22.8 Å². The van der Waals surface area contributed by atoms with E-state index >= 15 is 0 Å². The van der Waals surface area contributed by atoms with Gasteiger partial charge in [-0.2, -0.15) is 0 Å². The summed E-state index contributed by atoms with van der Waals surface area (Å²) < 4.78 is 11.2. The first-order chi connectivity index (χ1) is 7.82. The van der Waals surface area contributed by atoms with Crippen molar-refractivity contribution in [3.05, 3.63) is 24.2 Å². The van der Waals surface area contributed by atoms with Crippen LogP contribution in [0, 0.1) is 0 Å². The highest BCUT2D eigenvalue weighted by molar-refractivity contribution is 5.11. The fourth-order valence-electron chi connectivity index (χ4n) is 2.71. The van der Waals surface area contributed by atoms with E-state index in [4.69, 9.17) is 15.0 Å². The summed E-state index contributed by atoms with van der Waals surface area (Å²) >= 11 is 0. The molecule has 1 unspecified atom stereocenters. The van der Waals surface area contributed by atoms with Crippen LogP contribution < -0.4 is 11.3 Å². The quantitative estimate of drug-likeness (QED) is 0.607. The standard InChI is InChI=1S/C12H20N2O2/c1-15-12(7-3-2-4-8-12)11(14-13)10-6-5-9-16-10/h5-6,9,11,14H,2-4,7-8,13H2,1H3. The third-order valence-corrected chi connectivity index (χ3v) is 3.63. The first kappa shape index (κ1) is 11.6. The summed E-state index contributed by atoms with van der Waals surface area (Å²) in [6.45, 7) is 0. The lowest BCUT2D eigenvalue weighted by molar-refractivity contribution is -0.0734. The van der Waals surface area contributed by atoms with E-state index in [1.54, 1.807) is 13.4 Å². The fourth-order valence-corrected chi connectivity index (χ4v) is 2.71. The van der Waals surface area contributed by atoms with Gasteiger partial charge in [0.2, 0.25) is 0 Å². The minimum atomic E-state index is -0.217. The first-order valence-electron chi connectivity index (χ1n) is 5.87. The highest BCUT2D eigenvalue weighted by Gasteiger charge is 2.41. The van der Waals surface area contributed by atoms with Gasteiger partial charge in [-0.15, -0.1) is 0 Å². The van der Waals surface area contributed by atoms with Crippen LogP contribution in [-0.2, 0) is 4.74 Å². The number of hydrazine groups is 1. The van der Waals surface area contributed by atoms with Crippen molar-refractivity contribution in [1.29, 1.82) is 0 Å². The lowest BCUT2D eigenvalue weighted by atomic mass is 9.78. The lowest BCUT2D eigenvalue weighted by Gasteiger charge is -2.41. The number of methoxy groups -OCH3 is 1. The van der Waals surface area contributed by atoms with Gasteiger partial charge in [0.05, 0.1) is 11.9 Å². The number of hydrogen-bond acceptors (Lipinski definition) is 4. The molecular weight excluding hydrogens is 204 g/mol. The minimum Gasteiger partial charge on any atom is -0.468 e. The second kappa shape index (κ2) is 4.99. The molecular formula is C12H20N2O2. The summed E-state index contributed by atoms with van der Waals surface area (Å²) in [6.07, 6.45) is 7.38. The molecule has 1 fully saturated rings. The zero-order valence-corrected chi connectivity index (χ0v) is 9.74. The van der Waals surface area contributed by atoms with Gasteiger partial charge < -0.3 is 9.15 Å². The summed E-state index contributed by atoms with van der Waals surface area (Å²) in [7, 11) is 1.76. The summed E-state index contributed by atoms with van der Waals surface area (Å²) in [5.74, 6) is 6.52. The normalized spacial score (nSPS) is 21.9. The topological polar surface area (TPSA) is 60.4 Å². The summed E-state index contributed by atoms with van der Waals surface area (Å²) in [5, 5.41) is 0. The van der Waals surface area contributed by atoms with Crippen LogP contribution in [0.5, 0.6) is 0 Å².